The van der Waals surface area contributed by atoms with Crippen molar-refractivity contribution in [3.8, 4) is 0 Å². The van der Waals surface area contributed by atoms with Gasteiger partial charge in [-0.2, -0.15) is 4.98 Å². The van der Waals surface area contributed by atoms with Crippen molar-refractivity contribution in [3.63, 3.8) is 0 Å². The number of hydrogen-bond donors (Lipinski definition) is 1. The predicted octanol–water partition coefficient (Wildman–Crippen LogP) is 1.12. The van der Waals surface area contributed by atoms with Crippen LogP contribution < -0.4 is 5.32 Å². The Morgan fingerprint density at radius 1 is 1.47 bits per heavy atom. The minimum atomic E-state index is 0.436. The van der Waals surface area contributed by atoms with Gasteiger partial charge in [0.2, 0.25) is 5.89 Å². The van der Waals surface area contributed by atoms with E-state index < -0.39 is 0 Å². The van der Waals surface area contributed by atoms with Crippen molar-refractivity contribution in [2.24, 2.45) is 0 Å². The molecule has 17 heavy (non-hydrogen) atoms. The molecule has 0 radical (unpaired) electrons. The van der Waals surface area contributed by atoms with E-state index in [-0.39, 0.29) is 0 Å². The lowest BCUT2D eigenvalue weighted by atomic mass is 10.4. The first-order valence-corrected chi connectivity index (χ1v) is 5.67. The topological polar surface area (TPSA) is 68.8 Å². The third kappa shape index (κ3) is 3.13. The molecule has 2 rings (SSSR count). The van der Waals surface area contributed by atoms with Crippen LogP contribution in [0.5, 0.6) is 0 Å². The van der Waals surface area contributed by atoms with E-state index in [9.17, 15) is 0 Å². The SMILES string of the molecule is Cc1noc(Cn2ccnc2CNC(C)C)n1. The molecule has 0 aliphatic rings. The second kappa shape index (κ2) is 5.09. The molecule has 2 aromatic rings. The smallest absolute Gasteiger partial charge is 0.246 e. The van der Waals surface area contributed by atoms with Crippen LogP contribution in [0, 0.1) is 6.92 Å². The van der Waals surface area contributed by atoms with Crippen molar-refractivity contribution in [1.29, 1.82) is 0 Å². The molecule has 0 saturated heterocycles. The molecule has 0 aliphatic heterocycles. The van der Waals surface area contributed by atoms with Crippen molar-refractivity contribution in [1.82, 2.24) is 25.0 Å². The highest BCUT2D eigenvalue weighted by Gasteiger charge is 2.08. The number of nitrogens with one attached hydrogen (secondary N) is 1. The zero-order chi connectivity index (χ0) is 12.3. The molecular weight excluding hydrogens is 218 g/mol. The van der Waals surface area contributed by atoms with Gasteiger partial charge in [-0.1, -0.05) is 19.0 Å². The first-order chi connectivity index (χ1) is 8.15. The third-order valence-electron chi connectivity index (χ3n) is 2.35. The van der Waals surface area contributed by atoms with Crippen LogP contribution in [0.2, 0.25) is 0 Å². The van der Waals surface area contributed by atoms with Gasteiger partial charge < -0.3 is 14.4 Å². The van der Waals surface area contributed by atoms with Crippen molar-refractivity contribution in [2.45, 2.75) is 39.9 Å². The van der Waals surface area contributed by atoms with E-state index in [4.69, 9.17) is 4.52 Å². The molecule has 2 aromatic heterocycles. The molecule has 0 aromatic carbocycles. The fourth-order valence-corrected chi connectivity index (χ4v) is 1.50. The highest BCUT2D eigenvalue weighted by molar-refractivity contribution is 4.96. The summed E-state index contributed by atoms with van der Waals surface area (Å²) in [5.74, 6) is 2.22. The zero-order valence-electron chi connectivity index (χ0n) is 10.3. The van der Waals surface area contributed by atoms with Crippen LogP contribution >= 0.6 is 0 Å². The van der Waals surface area contributed by atoms with Gasteiger partial charge in [-0.15, -0.1) is 0 Å². The quantitative estimate of drug-likeness (QED) is 0.841. The number of aryl methyl sites for hydroxylation is 1. The van der Waals surface area contributed by atoms with Gasteiger partial charge in [-0.05, 0) is 6.92 Å². The Kier molecular flexibility index (Phi) is 3.53. The molecule has 0 amide bonds. The summed E-state index contributed by atoms with van der Waals surface area (Å²) in [6.45, 7) is 7.32. The Labute approximate surface area is 100 Å². The van der Waals surface area contributed by atoms with Crippen molar-refractivity contribution in [3.05, 3.63) is 29.9 Å². The van der Waals surface area contributed by atoms with E-state index in [0.717, 1.165) is 12.4 Å². The van der Waals surface area contributed by atoms with Crippen LogP contribution in [0.25, 0.3) is 0 Å². The van der Waals surface area contributed by atoms with Crippen LogP contribution in [0.15, 0.2) is 16.9 Å². The van der Waals surface area contributed by atoms with E-state index in [1.54, 1.807) is 6.20 Å². The van der Waals surface area contributed by atoms with Crippen LogP contribution in [0.3, 0.4) is 0 Å². The van der Waals surface area contributed by atoms with E-state index in [0.29, 0.717) is 24.3 Å². The minimum absolute atomic E-state index is 0.436. The molecule has 0 unspecified atom stereocenters. The Bertz CT molecular complexity index is 474. The molecule has 6 nitrogen and oxygen atoms in total. The number of rotatable bonds is 5. The van der Waals surface area contributed by atoms with Gasteiger partial charge in [0.05, 0.1) is 6.54 Å². The molecule has 6 heteroatoms. The number of aromatic nitrogens is 4. The first-order valence-electron chi connectivity index (χ1n) is 5.67. The number of hydrogen-bond acceptors (Lipinski definition) is 5. The number of nitrogens with zero attached hydrogens (tertiary/aromatic N) is 4. The number of imidazole rings is 1. The summed E-state index contributed by atoms with van der Waals surface area (Å²) in [7, 11) is 0. The van der Waals surface area contributed by atoms with Gasteiger partial charge >= 0.3 is 0 Å². The fourth-order valence-electron chi connectivity index (χ4n) is 1.50. The van der Waals surface area contributed by atoms with E-state index in [1.807, 2.05) is 17.7 Å². The maximum Gasteiger partial charge on any atom is 0.246 e. The first kappa shape index (κ1) is 11.8. The highest BCUT2D eigenvalue weighted by Crippen LogP contribution is 2.04. The van der Waals surface area contributed by atoms with Crippen molar-refractivity contribution >= 4 is 0 Å². The maximum absolute atomic E-state index is 5.09. The van der Waals surface area contributed by atoms with Crippen molar-refractivity contribution in [2.75, 3.05) is 0 Å². The average Bonchev–Trinajstić information content (AvgIpc) is 2.86. The summed E-state index contributed by atoms with van der Waals surface area (Å²) in [6, 6.07) is 0.436. The normalized spacial score (nSPS) is 11.3. The average molecular weight is 235 g/mol. The molecule has 1 N–H and O–H groups in total. The molecule has 0 spiro atoms. The van der Waals surface area contributed by atoms with E-state index in [1.165, 1.54) is 0 Å². The molecule has 0 aliphatic carbocycles. The molecule has 92 valence electrons. The van der Waals surface area contributed by atoms with Crippen LogP contribution in [-0.2, 0) is 13.1 Å². The Morgan fingerprint density at radius 3 is 2.94 bits per heavy atom. The Morgan fingerprint density at radius 2 is 2.29 bits per heavy atom. The van der Waals surface area contributed by atoms with Crippen molar-refractivity contribution < 1.29 is 4.52 Å². The summed E-state index contributed by atoms with van der Waals surface area (Å²) in [4.78, 5) is 8.48. The minimum Gasteiger partial charge on any atom is -0.337 e. The second-order valence-corrected chi connectivity index (χ2v) is 4.24. The summed E-state index contributed by atoms with van der Waals surface area (Å²) in [5, 5.41) is 7.09. The van der Waals surface area contributed by atoms with Gasteiger partial charge in [0.1, 0.15) is 12.4 Å². The monoisotopic (exact) mass is 235 g/mol. The van der Waals surface area contributed by atoms with Crippen LogP contribution in [0.4, 0.5) is 0 Å². The zero-order valence-corrected chi connectivity index (χ0v) is 10.3. The predicted molar refractivity (Wildman–Crippen MR) is 62.3 cm³/mol. The van der Waals surface area contributed by atoms with Gasteiger partial charge in [-0.25, -0.2) is 4.98 Å². The van der Waals surface area contributed by atoms with Gasteiger partial charge in [-0.3, -0.25) is 0 Å². The van der Waals surface area contributed by atoms with Crippen LogP contribution in [0.1, 0.15) is 31.4 Å². The lowest BCUT2D eigenvalue weighted by Crippen LogP contribution is -2.24. The lowest BCUT2D eigenvalue weighted by molar-refractivity contribution is 0.365. The second-order valence-electron chi connectivity index (χ2n) is 4.24. The summed E-state index contributed by atoms with van der Waals surface area (Å²) in [5.41, 5.74) is 0. The summed E-state index contributed by atoms with van der Waals surface area (Å²) in [6.07, 6.45) is 3.69. The molecule has 0 saturated carbocycles. The molecule has 0 fully saturated rings. The largest absolute Gasteiger partial charge is 0.337 e. The Balaban J connectivity index is 2.03. The van der Waals surface area contributed by atoms with Gasteiger partial charge in [0.15, 0.2) is 5.82 Å². The standard InChI is InChI=1S/C11H17N5O/c1-8(2)13-6-10-12-4-5-16(10)7-11-14-9(3)15-17-11/h4-5,8,13H,6-7H2,1-3H3. The maximum atomic E-state index is 5.09. The van der Waals surface area contributed by atoms with Crippen LogP contribution in [-0.4, -0.2) is 25.7 Å². The van der Waals surface area contributed by atoms with E-state index in [2.05, 4.69) is 34.3 Å². The third-order valence-corrected chi connectivity index (χ3v) is 2.35. The fraction of sp³-hybridized carbons (Fsp3) is 0.545. The van der Waals surface area contributed by atoms with E-state index >= 15 is 0 Å². The summed E-state index contributed by atoms with van der Waals surface area (Å²) < 4.78 is 7.09. The molecule has 0 atom stereocenters. The van der Waals surface area contributed by atoms with Gasteiger partial charge in [0.25, 0.3) is 0 Å². The molecular formula is C11H17N5O. The van der Waals surface area contributed by atoms with Gasteiger partial charge in [0, 0.05) is 18.4 Å². The summed E-state index contributed by atoms with van der Waals surface area (Å²) >= 11 is 0. The molecule has 2 heterocycles. The lowest BCUT2D eigenvalue weighted by Gasteiger charge is -2.09. The molecule has 0 bridgehead atoms. The Hall–Kier alpha value is -1.69. The highest BCUT2D eigenvalue weighted by atomic mass is 16.5.